The maximum absolute atomic E-state index is 11.8. The molecule has 0 aromatic heterocycles. The maximum atomic E-state index is 11.8. The molecule has 2 atom stereocenters. The first-order valence-electron chi connectivity index (χ1n) is 5.99. The number of carbonyl (C=O) groups excluding carboxylic acids is 1. The quantitative estimate of drug-likeness (QED) is 0.672. The van der Waals surface area contributed by atoms with Gasteiger partial charge in [-0.1, -0.05) is 0 Å². The predicted molar refractivity (Wildman–Crippen MR) is 62.3 cm³/mol. The zero-order valence-corrected chi connectivity index (χ0v) is 10.7. The average Bonchev–Trinajstić information content (AvgIpc) is 3.00. The minimum absolute atomic E-state index is 0.0559. The van der Waals surface area contributed by atoms with E-state index in [0.717, 1.165) is 12.8 Å². The Morgan fingerprint density at radius 2 is 2.19 bits per heavy atom. The number of carbonyl (C=O) groups is 1. The second kappa shape index (κ2) is 5.64. The van der Waals surface area contributed by atoms with Crippen LogP contribution in [-0.2, 0) is 14.3 Å². The van der Waals surface area contributed by atoms with Crippen molar-refractivity contribution >= 4 is 5.97 Å². The molecule has 0 aromatic rings. The summed E-state index contributed by atoms with van der Waals surface area (Å²) in [6, 6.07) is 0.470. The van der Waals surface area contributed by atoms with E-state index in [0.29, 0.717) is 19.1 Å². The third-order valence-corrected chi connectivity index (χ3v) is 2.88. The van der Waals surface area contributed by atoms with Gasteiger partial charge < -0.3 is 9.47 Å². The molecule has 1 fully saturated rings. The average molecular weight is 229 g/mol. The van der Waals surface area contributed by atoms with E-state index < -0.39 is 5.54 Å². The van der Waals surface area contributed by atoms with Gasteiger partial charge in [-0.05, 0) is 33.6 Å². The van der Waals surface area contributed by atoms with Crippen LogP contribution in [0.15, 0.2) is 0 Å². The minimum atomic E-state index is -0.621. The Morgan fingerprint density at radius 1 is 1.56 bits per heavy atom. The van der Waals surface area contributed by atoms with Gasteiger partial charge in [-0.3, -0.25) is 10.1 Å². The molecular formula is C12H23NO3. The fourth-order valence-corrected chi connectivity index (χ4v) is 2.02. The molecule has 4 nitrogen and oxygen atoms in total. The molecule has 0 heterocycles. The number of hydrogen-bond acceptors (Lipinski definition) is 4. The van der Waals surface area contributed by atoms with Gasteiger partial charge in [0.2, 0.25) is 0 Å². The number of methoxy groups -OCH3 is 1. The molecule has 1 rings (SSSR count). The fourth-order valence-electron chi connectivity index (χ4n) is 2.02. The standard InChI is InChI=1S/C12H23NO3/c1-5-16-9(2)8-12(3,11(14)15-4)13-10-6-7-10/h9-10,13H,5-8H2,1-4H3. The van der Waals surface area contributed by atoms with Crippen LogP contribution in [0.2, 0.25) is 0 Å². The highest BCUT2D eigenvalue weighted by atomic mass is 16.5. The zero-order chi connectivity index (χ0) is 12.2. The summed E-state index contributed by atoms with van der Waals surface area (Å²) >= 11 is 0. The van der Waals surface area contributed by atoms with Crippen molar-refractivity contribution in [3.8, 4) is 0 Å². The van der Waals surface area contributed by atoms with Gasteiger partial charge in [0.05, 0.1) is 13.2 Å². The highest BCUT2D eigenvalue weighted by Gasteiger charge is 2.40. The van der Waals surface area contributed by atoms with Gasteiger partial charge in [0.15, 0.2) is 0 Å². The molecule has 0 aliphatic heterocycles. The van der Waals surface area contributed by atoms with Crippen LogP contribution in [0.25, 0.3) is 0 Å². The lowest BCUT2D eigenvalue weighted by Crippen LogP contribution is -2.53. The van der Waals surface area contributed by atoms with Crippen molar-refractivity contribution in [3.05, 3.63) is 0 Å². The van der Waals surface area contributed by atoms with Gasteiger partial charge in [0.1, 0.15) is 5.54 Å². The van der Waals surface area contributed by atoms with Gasteiger partial charge >= 0.3 is 5.97 Å². The number of ether oxygens (including phenoxy) is 2. The summed E-state index contributed by atoms with van der Waals surface area (Å²) in [6.07, 6.45) is 3.00. The van der Waals surface area contributed by atoms with E-state index in [1.807, 2.05) is 20.8 Å². The Bertz CT molecular complexity index is 240. The largest absolute Gasteiger partial charge is 0.468 e. The third kappa shape index (κ3) is 3.76. The number of esters is 1. The summed E-state index contributed by atoms with van der Waals surface area (Å²) in [6.45, 7) is 6.51. The Kier molecular flexibility index (Phi) is 4.74. The third-order valence-electron chi connectivity index (χ3n) is 2.88. The lowest BCUT2D eigenvalue weighted by Gasteiger charge is -2.30. The van der Waals surface area contributed by atoms with Gasteiger partial charge in [-0.25, -0.2) is 0 Å². The molecule has 1 aliphatic carbocycles. The van der Waals surface area contributed by atoms with Gasteiger partial charge in [0.25, 0.3) is 0 Å². The molecule has 0 bridgehead atoms. The van der Waals surface area contributed by atoms with E-state index in [-0.39, 0.29) is 12.1 Å². The molecule has 0 aromatic carbocycles. The summed E-state index contributed by atoms with van der Waals surface area (Å²) in [4.78, 5) is 11.8. The Morgan fingerprint density at radius 3 is 2.62 bits per heavy atom. The first-order valence-corrected chi connectivity index (χ1v) is 5.99. The van der Waals surface area contributed by atoms with Crippen molar-refractivity contribution in [1.82, 2.24) is 5.32 Å². The number of nitrogens with one attached hydrogen (secondary N) is 1. The summed E-state index contributed by atoms with van der Waals surface area (Å²) < 4.78 is 10.4. The molecule has 0 saturated heterocycles. The lowest BCUT2D eigenvalue weighted by molar-refractivity contribution is -0.149. The summed E-state index contributed by atoms with van der Waals surface area (Å²) in [5, 5.41) is 3.35. The molecule has 1 aliphatic rings. The summed E-state index contributed by atoms with van der Waals surface area (Å²) in [5.74, 6) is -0.203. The monoisotopic (exact) mass is 229 g/mol. The first kappa shape index (κ1) is 13.5. The topological polar surface area (TPSA) is 47.6 Å². The molecule has 0 spiro atoms. The zero-order valence-electron chi connectivity index (χ0n) is 10.7. The number of rotatable bonds is 7. The van der Waals surface area contributed by atoms with Crippen LogP contribution < -0.4 is 5.32 Å². The van der Waals surface area contributed by atoms with E-state index >= 15 is 0 Å². The van der Waals surface area contributed by atoms with Crippen molar-refractivity contribution in [2.45, 2.75) is 57.7 Å². The van der Waals surface area contributed by atoms with Gasteiger partial charge in [-0.15, -0.1) is 0 Å². The van der Waals surface area contributed by atoms with Crippen molar-refractivity contribution in [2.75, 3.05) is 13.7 Å². The Labute approximate surface area is 97.7 Å². The molecule has 1 N–H and O–H groups in total. The van der Waals surface area contributed by atoms with Crippen molar-refractivity contribution in [1.29, 1.82) is 0 Å². The Balaban J connectivity index is 2.57. The first-order chi connectivity index (χ1) is 7.51. The summed E-state index contributed by atoms with van der Waals surface area (Å²) in [7, 11) is 1.43. The highest BCUT2D eigenvalue weighted by molar-refractivity contribution is 5.80. The van der Waals surface area contributed by atoms with Crippen LogP contribution in [-0.4, -0.2) is 37.4 Å². The van der Waals surface area contributed by atoms with E-state index in [9.17, 15) is 4.79 Å². The molecule has 4 heteroatoms. The molecule has 2 unspecified atom stereocenters. The lowest BCUT2D eigenvalue weighted by atomic mass is 9.94. The van der Waals surface area contributed by atoms with E-state index in [1.54, 1.807) is 0 Å². The fraction of sp³-hybridized carbons (Fsp3) is 0.917. The molecule has 16 heavy (non-hydrogen) atoms. The predicted octanol–water partition coefficient (Wildman–Crippen LogP) is 1.49. The molecule has 1 saturated carbocycles. The van der Waals surface area contributed by atoms with Crippen LogP contribution in [0.5, 0.6) is 0 Å². The minimum Gasteiger partial charge on any atom is -0.468 e. The van der Waals surface area contributed by atoms with E-state index in [1.165, 1.54) is 7.11 Å². The van der Waals surface area contributed by atoms with Crippen molar-refractivity contribution < 1.29 is 14.3 Å². The van der Waals surface area contributed by atoms with E-state index in [4.69, 9.17) is 9.47 Å². The highest BCUT2D eigenvalue weighted by Crippen LogP contribution is 2.26. The maximum Gasteiger partial charge on any atom is 0.325 e. The second-order valence-electron chi connectivity index (χ2n) is 4.71. The van der Waals surface area contributed by atoms with E-state index in [2.05, 4.69) is 5.32 Å². The van der Waals surface area contributed by atoms with Crippen LogP contribution in [0.3, 0.4) is 0 Å². The van der Waals surface area contributed by atoms with Gasteiger partial charge in [-0.2, -0.15) is 0 Å². The SMILES string of the molecule is CCOC(C)CC(C)(NC1CC1)C(=O)OC. The van der Waals surface area contributed by atoms with Crippen LogP contribution >= 0.6 is 0 Å². The smallest absolute Gasteiger partial charge is 0.325 e. The van der Waals surface area contributed by atoms with Gasteiger partial charge in [0, 0.05) is 19.1 Å². The van der Waals surface area contributed by atoms with Crippen LogP contribution in [0, 0.1) is 0 Å². The molecule has 0 amide bonds. The van der Waals surface area contributed by atoms with Crippen molar-refractivity contribution in [3.63, 3.8) is 0 Å². The molecule has 0 radical (unpaired) electrons. The van der Waals surface area contributed by atoms with Crippen molar-refractivity contribution in [2.24, 2.45) is 0 Å². The molecular weight excluding hydrogens is 206 g/mol. The summed E-state index contributed by atoms with van der Waals surface area (Å²) in [5.41, 5.74) is -0.621. The normalized spacial score (nSPS) is 21.2. The number of hydrogen-bond donors (Lipinski definition) is 1. The molecule has 94 valence electrons. The van der Waals surface area contributed by atoms with Crippen LogP contribution in [0.4, 0.5) is 0 Å². The second-order valence-corrected chi connectivity index (χ2v) is 4.71. The van der Waals surface area contributed by atoms with Crippen LogP contribution in [0.1, 0.15) is 40.0 Å². The Hall–Kier alpha value is -0.610.